The van der Waals surface area contributed by atoms with Gasteiger partial charge in [0.1, 0.15) is 5.00 Å². The highest BCUT2D eigenvalue weighted by molar-refractivity contribution is 7.18. The number of nitrogens with zero attached hydrogens (tertiary/aromatic N) is 1. The molecule has 2 N–H and O–H groups in total. The minimum Gasteiger partial charge on any atom is -0.462 e. The van der Waals surface area contributed by atoms with E-state index >= 15 is 0 Å². The van der Waals surface area contributed by atoms with Crippen molar-refractivity contribution in [2.24, 2.45) is 0 Å². The van der Waals surface area contributed by atoms with Gasteiger partial charge in [-0.15, -0.1) is 11.3 Å². The number of carbonyl (C=O) groups is 3. The molecule has 148 valence electrons. The van der Waals surface area contributed by atoms with Crippen LogP contribution in [0.3, 0.4) is 0 Å². The van der Waals surface area contributed by atoms with E-state index in [1.54, 1.807) is 19.9 Å². The van der Waals surface area contributed by atoms with Crippen molar-refractivity contribution in [2.75, 3.05) is 23.8 Å². The summed E-state index contributed by atoms with van der Waals surface area (Å²) in [7, 11) is 0. The number of anilines is 2. The van der Waals surface area contributed by atoms with Crippen LogP contribution in [-0.4, -0.2) is 35.7 Å². The molecule has 0 unspecified atom stereocenters. The van der Waals surface area contributed by atoms with E-state index in [-0.39, 0.29) is 35.2 Å². The third-order valence-electron chi connectivity index (χ3n) is 3.71. The van der Waals surface area contributed by atoms with E-state index in [1.165, 1.54) is 25.1 Å². The largest absolute Gasteiger partial charge is 0.462 e. The quantitative estimate of drug-likeness (QED) is 0.298. The summed E-state index contributed by atoms with van der Waals surface area (Å²) in [6.45, 7) is 4.63. The topological polar surface area (TPSA) is 128 Å². The molecule has 1 heterocycles. The first-order valence-corrected chi connectivity index (χ1v) is 9.15. The number of rotatable bonds is 8. The summed E-state index contributed by atoms with van der Waals surface area (Å²) < 4.78 is 5.01. The summed E-state index contributed by atoms with van der Waals surface area (Å²) >= 11 is 1.01. The molecule has 0 aliphatic carbocycles. The lowest BCUT2D eigenvalue weighted by Crippen LogP contribution is -2.22. The Balaban J connectivity index is 2.15. The molecule has 0 aliphatic heterocycles. The number of Topliss-reactive ketones (excluding diaryl/α,β-unsaturated/α-hetero) is 1. The van der Waals surface area contributed by atoms with E-state index in [4.69, 9.17) is 4.74 Å². The predicted octanol–water partition coefficient (Wildman–Crippen LogP) is 3.39. The molecule has 0 bridgehead atoms. The second-order valence-electron chi connectivity index (χ2n) is 5.75. The maximum atomic E-state index is 12.3. The zero-order chi connectivity index (χ0) is 20.8. The third kappa shape index (κ3) is 4.92. The number of nitro groups is 1. The molecule has 9 nitrogen and oxygen atoms in total. The van der Waals surface area contributed by atoms with E-state index in [0.29, 0.717) is 16.1 Å². The van der Waals surface area contributed by atoms with Crippen LogP contribution in [0.25, 0.3) is 0 Å². The molecule has 1 amide bonds. The zero-order valence-corrected chi connectivity index (χ0v) is 16.3. The molecular formula is C18H19N3O6S. The summed E-state index contributed by atoms with van der Waals surface area (Å²) in [5.41, 5.74) is 0.912. The van der Waals surface area contributed by atoms with Crippen molar-refractivity contribution in [3.05, 3.63) is 50.4 Å². The lowest BCUT2D eigenvalue weighted by atomic mass is 10.1. The van der Waals surface area contributed by atoms with Gasteiger partial charge in [0, 0.05) is 17.8 Å². The number of ether oxygens (including phenoxy) is 1. The number of carbonyl (C=O) groups excluding carboxylic acids is 3. The van der Waals surface area contributed by atoms with Crippen LogP contribution in [0, 0.1) is 17.0 Å². The number of esters is 1. The van der Waals surface area contributed by atoms with E-state index in [9.17, 15) is 24.5 Å². The van der Waals surface area contributed by atoms with Crippen LogP contribution in [-0.2, 0) is 9.53 Å². The molecule has 2 rings (SSSR count). The standard InChI is InChI=1S/C18H19N3O6S/c1-4-27-18(24)15-10(2)16(11(3)22)28-17(15)20-14(23)9-19-12-6-5-7-13(8-12)21(25)26/h5-8,19H,4,9H2,1-3H3,(H,20,23). The smallest absolute Gasteiger partial charge is 0.341 e. The van der Waals surface area contributed by atoms with Crippen LogP contribution in [0.5, 0.6) is 0 Å². The molecular weight excluding hydrogens is 386 g/mol. The maximum absolute atomic E-state index is 12.3. The Morgan fingerprint density at radius 2 is 2.00 bits per heavy atom. The number of hydrogen-bond acceptors (Lipinski definition) is 8. The fourth-order valence-corrected chi connectivity index (χ4v) is 3.58. The first-order chi connectivity index (χ1) is 13.2. The number of non-ortho nitro benzene ring substituents is 1. The monoisotopic (exact) mass is 405 g/mol. The van der Waals surface area contributed by atoms with E-state index in [1.807, 2.05) is 0 Å². The Morgan fingerprint density at radius 3 is 2.61 bits per heavy atom. The van der Waals surface area contributed by atoms with Gasteiger partial charge in [0.2, 0.25) is 5.91 Å². The first kappa shape index (κ1) is 21.0. The molecule has 0 aliphatic rings. The van der Waals surface area contributed by atoms with Gasteiger partial charge >= 0.3 is 5.97 Å². The molecule has 1 aromatic carbocycles. The number of benzene rings is 1. The van der Waals surface area contributed by atoms with E-state index in [2.05, 4.69) is 10.6 Å². The summed E-state index contributed by atoms with van der Waals surface area (Å²) in [5.74, 6) is -1.32. The summed E-state index contributed by atoms with van der Waals surface area (Å²) in [4.78, 5) is 46.9. The summed E-state index contributed by atoms with van der Waals surface area (Å²) in [6.07, 6.45) is 0. The van der Waals surface area contributed by atoms with Crippen molar-refractivity contribution in [3.8, 4) is 0 Å². The van der Waals surface area contributed by atoms with E-state index < -0.39 is 16.8 Å². The normalized spacial score (nSPS) is 10.2. The van der Waals surface area contributed by atoms with Gasteiger partial charge in [-0.2, -0.15) is 0 Å². The second-order valence-corrected chi connectivity index (χ2v) is 6.77. The molecule has 0 radical (unpaired) electrons. The van der Waals surface area contributed by atoms with Crippen LogP contribution in [0.1, 0.15) is 39.4 Å². The highest BCUT2D eigenvalue weighted by atomic mass is 32.1. The Kier molecular flexibility index (Phi) is 6.83. The Bertz CT molecular complexity index is 937. The van der Waals surface area contributed by atoms with Gasteiger partial charge in [0.05, 0.1) is 28.5 Å². The molecule has 0 fully saturated rings. The van der Waals surface area contributed by atoms with Gasteiger partial charge in [0.15, 0.2) is 5.78 Å². The van der Waals surface area contributed by atoms with Crippen molar-refractivity contribution >= 4 is 45.4 Å². The second kappa shape index (κ2) is 9.09. The van der Waals surface area contributed by atoms with Gasteiger partial charge in [-0.25, -0.2) is 4.79 Å². The average molecular weight is 405 g/mol. The van der Waals surface area contributed by atoms with Gasteiger partial charge in [0.25, 0.3) is 5.69 Å². The van der Waals surface area contributed by atoms with Gasteiger partial charge < -0.3 is 15.4 Å². The Hall–Kier alpha value is -3.27. The Labute approximate surface area is 164 Å². The van der Waals surface area contributed by atoms with Gasteiger partial charge in [-0.3, -0.25) is 19.7 Å². The average Bonchev–Trinajstić information content (AvgIpc) is 2.96. The summed E-state index contributed by atoms with van der Waals surface area (Å²) in [5, 5.41) is 16.4. The maximum Gasteiger partial charge on any atom is 0.341 e. The van der Waals surface area contributed by atoms with Crippen LogP contribution in [0.2, 0.25) is 0 Å². The highest BCUT2D eigenvalue weighted by Crippen LogP contribution is 2.34. The predicted molar refractivity (Wildman–Crippen MR) is 105 cm³/mol. The molecule has 0 atom stereocenters. The third-order valence-corrected chi connectivity index (χ3v) is 5.02. The lowest BCUT2D eigenvalue weighted by Gasteiger charge is -2.08. The molecule has 0 saturated heterocycles. The van der Waals surface area contributed by atoms with Crippen LogP contribution >= 0.6 is 11.3 Å². The molecule has 10 heteroatoms. The SMILES string of the molecule is CCOC(=O)c1c(NC(=O)CNc2cccc([N+](=O)[O-])c2)sc(C(C)=O)c1C. The molecule has 28 heavy (non-hydrogen) atoms. The van der Waals surface area contributed by atoms with Crippen LogP contribution < -0.4 is 10.6 Å². The number of hydrogen-bond donors (Lipinski definition) is 2. The van der Waals surface area contributed by atoms with Crippen molar-refractivity contribution < 1.29 is 24.0 Å². The molecule has 0 spiro atoms. The minimum atomic E-state index is -0.620. The van der Waals surface area contributed by atoms with Gasteiger partial charge in [-0.1, -0.05) is 6.07 Å². The highest BCUT2D eigenvalue weighted by Gasteiger charge is 2.25. The Morgan fingerprint density at radius 1 is 1.29 bits per heavy atom. The number of nitrogens with one attached hydrogen (secondary N) is 2. The van der Waals surface area contributed by atoms with Crippen molar-refractivity contribution in [1.82, 2.24) is 0 Å². The lowest BCUT2D eigenvalue weighted by molar-refractivity contribution is -0.384. The fraction of sp³-hybridized carbons (Fsp3) is 0.278. The zero-order valence-electron chi connectivity index (χ0n) is 15.5. The molecule has 0 saturated carbocycles. The fourth-order valence-electron chi connectivity index (χ4n) is 2.47. The molecule has 2 aromatic rings. The number of ketones is 1. The number of nitro benzene ring substituents is 1. The van der Waals surface area contributed by atoms with Crippen LogP contribution in [0.15, 0.2) is 24.3 Å². The van der Waals surface area contributed by atoms with Gasteiger partial charge in [-0.05, 0) is 32.4 Å². The molecule has 1 aromatic heterocycles. The van der Waals surface area contributed by atoms with Crippen molar-refractivity contribution in [1.29, 1.82) is 0 Å². The van der Waals surface area contributed by atoms with Crippen molar-refractivity contribution in [2.45, 2.75) is 20.8 Å². The number of amides is 1. The minimum absolute atomic E-state index is 0.102. The van der Waals surface area contributed by atoms with E-state index in [0.717, 1.165) is 11.3 Å². The number of thiophene rings is 1. The van der Waals surface area contributed by atoms with Crippen molar-refractivity contribution in [3.63, 3.8) is 0 Å². The first-order valence-electron chi connectivity index (χ1n) is 8.34. The summed E-state index contributed by atoms with van der Waals surface area (Å²) in [6, 6.07) is 5.74. The van der Waals surface area contributed by atoms with Crippen LogP contribution in [0.4, 0.5) is 16.4 Å².